The van der Waals surface area contributed by atoms with Crippen molar-refractivity contribution in [2.45, 2.75) is 64.7 Å². The molecule has 1 unspecified atom stereocenters. The molecule has 2 aliphatic carbocycles. The van der Waals surface area contributed by atoms with E-state index in [0.717, 1.165) is 48.2 Å². The SMILES string of the molecule is Cc1c(-c2ccccc2)cc(-c2cccc(-c3ccc(CC4Cc5ccc(C(C)(C)C)cc5-c5cc(F)ccc54)cc3)c2)nc1C1=CC=CCC1. The summed E-state index contributed by atoms with van der Waals surface area (Å²) in [4.78, 5) is 5.30. The van der Waals surface area contributed by atoms with Crippen LogP contribution in [0.25, 0.3) is 50.2 Å². The van der Waals surface area contributed by atoms with E-state index in [1.165, 1.54) is 61.2 Å². The summed E-state index contributed by atoms with van der Waals surface area (Å²) in [6, 6.07) is 42.9. The van der Waals surface area contributed by atoms with Gasteiger partial charge in [-0.1, -0.05) is 136 Å². The van der Waals surface area contributed by atoms with Crippen LogP contribution in [0, 0.1) is 12.7 Å². The minimum Gasteiger partial charge on any atom is -0.248 e. The fourth-order valence-corrected chi connectivity index (χ4v) is 7.91. The number of halogens is 1. The number of benzene rings is 5. The molecular formula is C49H44FN. The van der Waals surface area contributed by atoms with Crippen molar-refractivity contribution in [1.82, 2.24) is 4.98 Å². The first-order valence-corrected chi connectivity index (χ1v) is 18.3. The highest BCUT2D eigenvalue weighted by Crippen LogP contribution is 2.43. The van der Waals surface area contributed by atoms with Gasteiger partial charge in [-0.15, -0.1) is 0 Å². The molecule has 6 aromatic rings. The lowest BCUT2D eigenvalue weighted by Crippen LogP contribution is -2.16. The predicted octanol–water partition coefficient (Wildman–Crippen LogP) is 13.1. The van der Waals surface area contributed by atoms with Gasteiger partial charge < -0.3 is 0 Å². The van der Waals surface area contributed by atoms with Gasteiger partial charge in [-0.25, -0.2) is 9.37 Å². The van der Waals surface area contributed by atoms with E-state index in [-0.39, 0.29) is 17.2 Å². The molecule has 0 bridgehead atoms. The third-order valence-electron chi connectivity index (χ3n) is 10.8. The van der Waals surface area contributed by atoms with Crippen molar-refractivity contribution >= 4 is 5.57 Å². The fourth-order valence-electron chi connectivity index (χ4n) is 7.91. The molecule has 1 heterocycles. The topological polar surface area (TPSA) is 12.9 Å². The van der Waals surface area contributed by atoms with Crippen LogP contribution in [-0.4, -0.2) is 4.98 Å². The first kappa shape index (κ1) is 32.8. The first-order chi connectivity index (χ1) is 24.7. The highest BCUT2D eigenvalue weighted by Gasteiger charge is 2.27. The number of allylic oxidation sites excluding steroid dienone is 4. The van der Waals surface area contributed by atoms with Crippen molar-refractivity contribution in [2.75, 3.05) is 0 Å². The van der Waals surface area contributed by atoms with Crippen LogP contribution in [0.1, 0.15) is 73.0 Å². The molecule has 0 N–H and O–H groups in total. The molecule has 2 heteroatoms. The number of fused-ring (bicyclic) bond motifs is 3. The molecule has 1 aromatic heterocycles. The van der Waals surface area contributed by atoms with E-state index in [4.69, 9.17) is 4.98 Å². The van der Waals surface area contributed by atoms with Crippen LogP contribution in [0.15, 0.2) is 140 Å². The normalized spacial score (nSPS) is 15.2. The van der Waals surface area contributed by atoms with E-state index in [0.29, 0.717) is 0 Å². The Morgan fingerprint density at radius 1 is 0.706 bits per heavy atom. The minimum absolute atomic E-state index is 0.0376. The summed E-state index contributed by atoms with van der Waals surface area (Å²) >= 11 is 0. The van der Waals surface area contributed by atoms with E-state index in [1.54, 1.807) is 12.1 Å². The molecule has 0 saturated carbocycles. The second-order valence-electron chi connectivity index (χ2n) is 15.3. The summed E-state index contributed by atoms with van der Waals surface area (Å²) in [5.74, 6) is 0.114. The van der Waals surface area contributed by atoms with Gasteiger partial charge >= 0.3 is 0 Å². The smallest absolute Gasteiger partial charge is 0.123 e. The van der Waals surface area contributed by atoms with Crippen molar-refractivity contribution in [2.24, 2.45) is 0 Å². The number of pyridine rings is 1. The fraction of sp³-hybridized carbons (Fsp3) is 0.204. The quantitative estimate of drug-likeness (QED) is 0.173. The van der Waals surface area contributed by atoms with Gasteiger partial charge in [0.25, 0.3) is 0 Å². The van der Waals surface area contributed by atoms with Gasteiger partial charge in [0.05, 0.1) is 11.4 Å². The summed E-state index contributed by atoms with van der Waals surface area (Å²) in [6.45, 7) is 8.91. The standard InChI is InChI=1S/C49H44FN/c1-32-44(35-12-7-5-8-13-35)31-47(51-48(32)36-14-9-6-10-15-36)39-17-11-16-37(27-39)34-20-18-33(19-21-34)26-40-28-38-22-23-41(49(2,3)4)29-45(38)46-30-42(50)24-25-43(40)46/h5-9,11-14,16-25,27,29-31,40H,10,15,26,28H2,1-4H3. The van der Waals surface area contributed by atoms with E-state index in [9.17, 15) is 4.39 Å². The summed E-state index contributed by atoms with van der Waals surface area (Å²) in [5, 5.41) is 0. The zero-order chi connectivity index (χ0) is 35.1. The third-order valence-corrected chi connectivity index (χ3v) is 10.8. The molecule has 5 aromatic carbocycles. The summed E-state index contributed by atoms with van der Waals surface area (Å²) in [6.07, 6.45) is 10.5. The van der Waals surface area contributed by atoms with Gasteiger partial charge in [-0.3, -0.25) is 0 Å². The molecule has 252 valence electrons. The van der Waals surface area contributed by atoms with Gasteiger partial charge in [0.2, 0.25) is 0 Å². The van der Waals surface area contributed by atoms with Crippen LogP contribution in [0.3, 0.4) is 0 Å². The number of aromatic nitrogens is 1. The Kier molecular flexibility index (Phi) is 8.64. The highest BCUT2D eigenvalue weighted by atomic mass is 19.1. The zero-order valence-electron chi connectivity index (χ0n) is 30.0. The Labute approximate surface area is 302 Å². The molecule has 1 nitrogen and oxygen atoms in total. The maximum atomic E-state index is 14.6. The Bertz CT molecular complexity index is 2300. The van der Waals surface area contributed by atoms with Crippen LogP contribution in [0.5, 0.6) is 0 Å². The van der Waals surface area contributed by atoms with Crippen LogP contribution in [0.4, 0.5) is 4.39 Å². The molecule has 1 atom stereocenters. The van der Waals surface area contributed by atoms with Crippen molar-refractivity contribution in [3.63, 3.8) is 0 Å². The molecule has 0 saturated heterocycles. The number of nitrogens with zero attached hydrogens (tertiary/aromatic N) is 1. The molecule has 0 aliphatic heterocycles. The predicted molar refractivity (Wildman–Crippen MR) is 212 cm³/mol. The van der Waals surface area contributed by atoms with E-state index in [1.807, 2.05) is 6.07 Å². The molecular weight excluding hydrogens is 622 g/mol. The Balaban J connectivity index is 1.09. The lowest BCUT2D eigenvalue weighted by atomic mass is 9.74. The highest BCUT2D eigenvalue weighted by molar-refractivity contribution is 5.82. The summed E-state index contributed by atoms with van der Waals surface area (Å²) in [5.41, 5.74) is 17.9. The molecule has 8 rings (SSSR count). The Morgan fingerprint density at radius 3 is 2.25 bits per heavy atom. The average molecular weight is 666 g/mol. The second-order valence-corrected chi connectivity index (χ2v) is 15.3. The Hall–Kier alpha value is -5.34. The summed E-state index contributed by atoms with van der Waals surface area (Å²) < 4.78 is 14.6. The van der Waals surface area contributed by atoms with Crippen molar-refractivity contribution in [3.8, 4) is 44.6 Å². The number of hydrogen-bond donors (Lipinski definition) is 0. The third kappa shape index (κ3) is 6.64. The van der Waals surface area contributed by atoms with Crippen molar-refractivity contribution < 1.29 is 4.39 Å². The van der Waals surface area contributed by atoms with Crippen molar-refractivity contribution in [3.05, 3.63) is 179 Å². The average Bonchev–Trinajstić information content (AvgIpc) is 3.15. The lowest BCUT2D eigenvalue weighted by Gasteiger charge is -2.30. The van der Waals surface area contributed by atoms with E-state index < -0.39 is 0 Å². The molecule has 0 fully saturated rings. The maximum absolute atomic E-state index is 14.6. The van der Waals surface area contributed by atoms with Gasteiger partial charge in [0.15, 0.2) is 0 Å². The van der Waals surface area contributed by atoms with Crippen LogP contribution >= 0.6 is 0 Å². The number of hydrogen-bond acceptors (Lipinski definition) is 1. The molecule has 0 amide bonds. The van der Waals surface area contributed by atoms with Crippen LogP contribution < -0.4 is 0 Å². The molecule has 2 aliphatic rings. The molecule has 51 heavy (non-hydrogen) atoms. The van der Waals surface area contributed by atoms with Gasteiger partial charge in [-0.2, -0.15) is 0 Å². The molecule has 0 spiro atoms. The molecule has 0 radical (unpaired) electrons. The Morgan fingerprint density at radius 2 is 1.49 bits per heavy atom. The van der Waals surface area contributed by atoms with E-state index >= 15 is 0 Å². The minimum atomic E-state index is -0.176. The lowest BCUT2D eigenvalue weighted by molar-refractivity contribution is 0.589. The number of rotatable bonds is 6. The second kappa shape index (κ2) is 13.4. The monoisotopic (exact) mass is 665 g/mol. The van der Waals surface area contributed by atoms with Gasteiger partial charge in [-0.05, 0) is 135 Å². The summed E-state index contributed by atoms with van der Waals surface area (Å²) in [7, 11) is 0. The van der Waals surface area contributed by atoms with Crippen molar-refractivity contribution in [1.29, 1.82) is 0 Å². The van der Waals surface area contributed by atoms with Gasteiger partial charge in [0, 0.05) is 5.56 Å². The van der Waals surface area contributed by atoms with E-state index in [2.05, 4.69) is 149 Å². The van der Waals surface area contributed by atoms with Crippen LogP contribution in [-0.2, 0) is 18.3 Å². The zero-order valence-corrected chi connectivity index (χ0v) is 30.0. The first-order valence-electron chi connectivity index (χ1n) is 18.3. The maximum Gasteiger partial charge on any atom is 0.123 e. The largest absolute Gasteiger partial charge is 0.248 e. The van der Waals surface area contributed by atoms with Crippen LogP contribution in [0.2, 0.25) is 0 Å². The van der Waals surface area contributed by atoms with Gasteiger partial charge in [0.1, 0.15) is 5.82 Å².